The zero-order valence-electron chi connectivity index (χ0n) is 13.7. The minimum Gasteiger partial charge on any atom is -0.495 e. The van der Waals surface area contributed by atoms with Crippen LogP contribution in [0.4, 0.5) is 5.69 Å². The Morgan fingerprint density at radius 3 is 2.48 bits per heavy atom. The van der Waals surface area contributed by atoms with E-state index in [2.05, 4.69) is 5.32 Å². The fourth-order valence-electron chi connectivity index (χ4n) is 1.80. The van der Waals surface area contributed by atoms with Gasteiger partial charge in [-0.15, -0.1) is 0 Å². The van der Waals surface area contributed by atoms with Gasteiger partial charge in [-0.2, -0.15) is 4.31 Å². The van der Waals surface area contributed by atoms with Crippen LogP contribution in [0, 0.1) is 0 Å². The number of ether oxygens (including phenoxy) is 1. The van der Waals surface area contributed by atoms with Gasteiger partial charge < -0.3 is 15.0 Å². The first kappa shape index (κ1) is 19.7. The highest BCUT2D eigenvalue weighted by Gasteiger charge is 2.20. The molecule has 0 heterocycles. The largest absolute Gasteiger partial charge is 0.495 e. The van der Waals surface area contributed by atoms with Crippen molar-refractivity contribution < 1.29 is 17.9 Å². The first-order valence-corrected chi connectivity index (χ1v) is 9.09. The number of benzene rings is 1. The summed E-state index contributed by atoms with van der Waals surface area (Å²) in [5, 5.41) is 3.06. The van der Waals surface area contributed by atoms with Crippen LogP contribution in [0.5, 0.6) is 5.75 Å². The van der Waals surface area contributed by atoms with Gasteiger partial charge in [0.15, 0.2) is 0 Å². The van der Waals surface area contributed by atoms with Gasteiger partial charge in [-0.1, -0.05) is 11.6 Å². The number of nitrogens with zero attached hydrogens (tertiary/aromatic N) is 2. The maximum atomic E-state index is 12.2. The SMILES string of the molecule is COc1ccc(Cl)cc1NC(=O)CN(CCN(C)C)S(C)(=O)=O. The first-order valence-electron chi connectivity index (χ1n) is 6.86. The van der Waals surface area contributed by atoms with Crippen LogP contribution in [0.3, 0.4) is 0 Å². The van der Waals surface area contributed by atoms with Crippen molar-refractivity contribution in [3.8, 4) is 5.75 Å². The molecule has 1 amide bonds. The lowest BCUT2D eigenvalue weighted by Crippen LogP contribution is -2.41. The van der Waals surface area contributed by atoms with Crippen molar-refractivity contribution in [3.63, 3.8) is 0 Å². The van der Waals surface area contributed by atoms with E-state index in [1.54, 1.807) is 18.2 Å². The van der Waals surface area contributed by atoms with Crippen LogP contribution in [0.2, 0.25) is 5.02 Å². The van der Waals surface area contributed by atoms with E-state index < -0.39 is 15.9 Å². The topological polar surface area (TPSA) is 79.0 Å². The second-order valence-electron chi connectivity index (χ2n) is 5.29. The van der Waals surface area contributed by atoms with Gasteiger partial charge in [-0.25, -0.2) is 8.42 Å². The standard InChI is InChI=1S/C14H22ClN3O4S/c1-17(2)7-8-18(23(4,20)21)10-14(19)16-12-9-11(15)5-6-13(12)22-3/h5-6,9H,7-8,10H2,1-4H3,(H,16,19). The number of hydrogen-bond donors (Lipinski definition) is 1. The van der Waals surface area contributed by atoms with Crippen LogP contribution in [-0.4, -0.2) is 70.6 Å². The summed E-state index contributed by atoms with van der Waals surface area (Å²) in [6.45, 7) is 0.467. The van der Waals surface area contributed by atoms with Gasteiger partial charge in [0.25, 0.3) is 0 Å². The summed E-state index contributed by atoms with van der Waals surface area (Å²) in [6, 6.07) is 4.80. The predicted molar refractivity (Wildman–Crippen MR) is 91.6 cm³/mol. The third kappa shape index (κ3) is 6.74. The van der Waals surface area contributed by atoms with Crippen LogP contribution < -0.4 is 10.1 Å². The van der Waals surface area contributed by atoms with Crippen molar-refractivity contribution in [2.45, 2.75) is 0 Å². The van der Waals surface area contributed by atoms with Gasteiger partial charge >= 0.3 is 0 Å². The molecule has 0 aliphatic heterocycles. The molecule has 0 atom stereocenters. The monoisotopic (exact) mass is 363 g/mol. The molecule has 1 aromatic rings. The molecule has 0 aliphatic rings. The third-order valence-corrected chi connectivity index (χ3v) is 4.51. The van der Waals surface area contributed by atoms with Gasteiger partial charge in [0.2, 0.25) is 15.9 Å². The highest BCUT2D eigenvalue weighted by Crippen LogP contribution is 2.27. The van der Waals surface area contributed by atoms with E-state index >= 15 is 0 Å². The van der Waals surface area contributed by atoms with E-state index in [-0.39, 0.29) is 13.1 Å². The Bertz CT molecular complexity index is 649. The van der Waals surface area contributed by atoms with E-state index in [1.165, 1.54) is 7.11 Å². The quantitative estimate of drug-likeness (QED) is 0.748. The number of nitrogens with one attached hydrogen (secondary N) is 1. The molecule has 0 saturated heterocycles. The fraction of sp³-hybridized carbons (Fsp3) is 0.500. The zero-order valence-corrected chi connectivity index (χ0v) is 15.2. The van der Waals surface area contributed by atoms with Crippen LogP contribution in [0.15, 0.2) is 18.2 Å². The summed E-state index contributed by atoms with van der Waals surface area (Å²) < 4.78 is 29.8. The fourth-order valence-corrected chi connectivity index (χ4v) is 2.74. The van der Waals surface area contributed by atoms with Crippen molar-refractivity contribution in [1.29, 1.82) is 0 Å². The highest BCUT2D eigenvalue weighted by molar-refractivity contribution is 7.88. The molecule has 0 unspecified atom stereocenters. The Labute approximate surface area is 142 Å². The number of rotatable bonds is 8. The van der Waals surface area contributed by atoms with Gasteiger partial charge in [-0.3, -0.25) is 4.79 Å². The summed E-state index contributed by atoms with van der Waals surface area (Å²) in [5.74, 6) is -0.0169. The second-order valence-corrected chi connectivity index (χ2v) is 7.71. The third-order valence-electron chi connectivity index (χ3n) is 3.02. The molecular weight excluding hydrogens is 342 g/mol. The Kier molecular flexibility index (Phi) is 7.27. The van der Waals surface area contributed by atoms with Crippen LogP contribution in [0.1, 0.15) is 0 Å². The van der Waals surface area contributed by atoms with Crippen LogP contribution in [0.25, 0.3) is 0 Å². The lowest BCUT2D eigenvalue weighted by atomic mass is 10.3. The summed E-state index contributed by atoms with van der Waals surface area (Å²) in [5.41, 5.74) is 0.395. The molecular formula is C14H22ClN3O4S. The lowest BCUT2D eigenvalue weighted by molar-refractivity contribution is -0.116. The summed E-state index contributed by atoms with van der Waals surface area (Å²) in [4.78, 5) is 14.0. The Morgan fingerprint density at radius 1 is 1.30 bits per heavy atom. The highest BCUT2D eigenvalue weighted by atomic mass is 35.5. The molecule has 0 aromatic heterocycles. The van der Waals surface area contributed by atoms with E-state index in [0.717, 1.165) is 10.6 Å². The summed E-state index contributed by atoms with van der Waals surface area (Å²) >= 11 is 5.90. The number of amides is 1. The molecule has 0 fully saturated rings. The second kappa shape index (κ2) is 8.49. The minimum atomic E-state index is -3.48. The number of sulfonamides is 1. The van der Waals surface area contributed by atoms with E-state index in [4.69, 9.17) is 16.3 Å². The number of halogens is 1. The molecule has 7 nitrogen and oxygen atoms in total. The first-order chi connectivity index (χ1) is 10.6. The number of methoxy groups -OCH3 is 1. The zero-order chi connectivity index (χ0) is 17.6. The number of likely N-dealkylation sites (N-methyl/N-ethyl adjacent to an activating group) is 1. The van der Waals surface area contributed by atoms with Crippen LogP contribution >= 0.6 is 11.6 Å². The van der Waals surface area contributed by atoms with Gasteiger partial charge in [0.1, 0.15) is 5.75 Å². The molecule has 0 aliphatic carbocycles. The lowest BCUT2D eigenvalue weighted by Gasteiger charge is -2.21. The number of carbonyl (C=O) groups is 1. The molecule has 1 aromatic carbocycles. The van der Waals surface area contributed by atoms with Crippen LogP contribution in [-0.2, 0) is 14.8 Å². The molecule has 1 N–H and O–H groups in total. The maximum absolute atomic E-state index is 12.2. The van der Waals surface area contributed by atoms with E-state index in [9.17, 15) is 13.2 Å². The van der Waals surface area contributed by atoms with Crippen molar-refractivity contribution in [2.75, 3.05) is 52.4 Å². The van der Waals surface area contributed by atoms with Gasteiger partial charge in [-0.05, 0) is 32.3 Å². The molecule has 9 heteroatoms. The molecule has 0 spiro atoms. The Hall–Kier alpha value is -1.35. The Morgan fingerprint density at radius 2 is 1.96 bits per heavy atom. The van der Waals surface area contributed by atoms with Crippen molar-refractivity contribution in [3.05, 3.63) is 23.2 Å². The Balaban J connectivity index is 2.82. The summed E-state index contributed by atoms with van der Waals surface area (Å²) in [7, 11) is 1.65. The molecule has 0 radical (unpaired) electrons. The maximum Gasteiger partial charge on any atom is 0.239 e. The van der Waals surface area contributed by atoms with Crippen molar-refractivity contribution in [2.24, 2.45) is 0 Å². The van der Waals surface area contributed by atoms with Gasteiger partial charge in [0, 0.05) is 18.1 Å². The number of hydrogen-bond acceptors (Lipinski definition) is 5. The minimum absolute atomic E-state index is 0.228. The smallest absolute Gasteiger partial charge is 0.239 e. The normalized spacial score (nSPS) is 11.8. The van der Waals surface area contributed by atoms with Crippen molar-refractivity contribution >= 4 is 33.2 Å². The van der Waals surface area contributed by atoms with E-state index in [0.29, 0.717) is 23.0 Å². The molecule has 0 bridgehead atoms. The predicted octanol–water partition coefficient (Wildman–Crippen LogP) is 1.11. The van der Waals surface area contributed by atoms with E-state index in [1.807, 2.05) is 19.0 Å². The number of carbonyl (C=O) groups excluding carboxylic acids is 1. The van der Waals surface area contributed by atoms with Crippen molar-refractivity contribution in [1.82, 2.24) is 9.21 Å². The molecule has 1 rings (SSSR count). The average Bonchev–Trinajstić information content (AvgIpc) is 2.42. The molecule has 0 saturated carbocycles. The van der Waals surface area contributed by atoms with Gasteiger partial charge in [0.05, 0.1) is 25.6 Å². The summed E-state index contributed by atoms with van der Waals surface area (Å²) in [6.07, 6.45) is 1.08. The average molecular weight is 364 g/mol. The molecule has 23 heavy (non-hydrogen) atoms. The number of anilines is 1. The molecule has 130 valence electrons.